The maximum absolute atomic E-state index is 9.85. The van der Waals surface area contributed by atoms with Gasteiger partial charge in [0.25, 0.3) is 0 Å². The predicted octanol–water partition coefficient (Wildman–Crippen LogP) is 0.858. The second kappa shape index (κ2) is 7.60. The lowest BCUT2D eigenvalue weighted by molar-refractivity contribution is 0.0277. The van der Waals surface area contributed by atoms with E-state index in [4.69, 9.17) is 4.74 Å². The minimum Gasteiger partial charge on any atom is -0.389 e. The van der Waals surface area contributed by atoms with Crippen LogP contribution in [0.5, 0.6) is 0 Å². The minimum absolute atomic E-state index is 0.379. The average Bonchev–Trinajstić information content (AvgIpc) is 2.83. The van der Waals surface area contributed by atoms with Gasteiger partial charge in [-0.25, -0.2) is 0 Å². The van der Waals surface area contributed by atoms with Gasteiger partial charge in [0.15, 0.2) is 0 Å². The van der Waals surface area contributed by atoms with E-state index in [1.165, 1.54) is 0 Å². The second-order valence-electron chi connectivity index (χ2n) is 5.31. The molecule has 19 heavy (non-hydrogen) atoms. The first-order valence-corrected chi connectivity index (χ1v) is 6.95. The number of ether oxygens (including phenoxy) is 1. The lowest BCUT2D eigenvalue weighted by Gasteiger charge is -2.16. The quantitative estimate of drug-likeness (QED) is 0.766. The highest BCUT2D eigenvalue weighted by Crippen LogP contribution is 2.06. The van der Waals surface area contributed by atoms with E-state index in [0.29, 0.717) is 25.8 Å². The van der Waals surface area contributed by atoms with Gasteiger partial charge in [-0.3, -0.25) is 0 Å². The van der Waals surface area contributed by atoms with Crippen LogP contribution in [0.15, 0.2) is 30.3 Å². The van der Waals surface area contributed by atoms with Crippen molar-refractivity contribution < 1.29 is 9.84 Å². The molecule has 1 saturated heterocycles. The van der Waals surface area contributed by atoms with Crippen LogP contribution in [0.1, 0.15) is 12.0 Å². The van der Waals surface area contributed by atoms with E-state index in [-0.39, 0.29) is 0 Å². The maximum atomic E-state index is 9.85. The fourth-order valence-corrected chi connectivity index (χ4v) is 2.35. The number of likely N-dealkylation sites (N-methyl/N-ethyl adjacent to an activating group) is 1. The number of likely N-dealkylation sites (tertiary alicyclic amines) is 1. The summed E-state index contributed by atoms with van der Waals surface area (Å²) in [7, 11) is 2.13. The lowest BCUT2D eigenvalue weighted by atomic mass is 10.2. The third-order valence-corrected chi connectivity index (χ3v) is 3.46. The Morgan fingerprint density at radius 3 is 2.89 bits per heavy atom. The van der Waals surface area contributed by atoms with Crippen molar-refractivity contribution in [2.45, 2.75) is 25.2 Å². The molecule has 0 spiro atoms. The van der Waals surface area contributed by atoms with Gasteiger partial charge in [0.2, 0.25) is 0 Å². The summed E-state index contributed by atoms with van der Waals surface area (Å²) in [5.41, 5.74) is 1.14. The third kappa shape index (κ3) is 5.28. The van der Waals surface area contributed by atoms with Crippen LogP contribution in [-0.2, 0) is 11.3 Å². The third-order valence-electron chi connectivity index (χ3n) is 3.46. The summed E-state index contributed by atoms with van der Waals surface area (Å²) in [6.45, 7) is 3.75. The first-order chi connectivity index (χ1) is 9.24. The molecule has 0 aromatic heterocycles. The van der Waals surface area contributed by atoms with E-state index in [1.807, 2.05) is 30.3 Å². The summed E-state index contributed by atoms with van der Waals surface area (Å²) in [4.78, 5) is 2.30. The Kier molecular flexibility index (Phi) is 5.79. The smallest absolute Gasteiger partial charge is 0.0897 e. The molecule has 1 aromatic rings. The molecule has 4 heteroatoms. The van der Waals surface area contributed by atoms with E-state index < -0.39 is 6.10 Å². The molecule has 0 radical (unpaired) electrons. The zero-order valence-corrected chi connectivity index (χ0v) is 11.6. The van der Waals surface area contributed by atoms with Gasteiger partial charge >= 0.3 is 0 Å². The second-order valence-corrected chi connectivity index (χ2v) is 5.31. The molecule has 2 unspecified atom stereocenters. The number of aliphatic hydroxyl groups is 1. The Morgan fingerprint density at radius 2 is 2.21 bits per heavy atom. The normalized spacial score (nSPS) is 21.7. The standard InChI is InChI=1S/C15H24N2O2/c1-17-8-7-14(10-17)16-9-15(18)12-19-11-13-5-3-2-4-6-13/h2-6,14-16,18H,7-12H2,1H3. The highest BCUT2D eigenvalue weighted by Gasteiger charge is 2.19. The highest BCUT2D eigenvalue weighted by molar-refractivity contribution is 5.13. The number of aliphatic hydroxyl groups excluding tert-OH is 1. The van der Waals surface area contributed by atoms with Gasteiger partial charge in [0.1, 0.15) is 0 Å². The van der Waals surface area contributed by atoms with Crippen LogP contribution in [0.2, 0.25) is 0 Å². The lowest BCUT2D eigenvalue weighted by Crippen LogP contribution is -2.38. The number of rotatable bonds is 7. The molecule has 2 N–H and O–H groups in total. The summed E-state index contributed by atoms with van der Waals surface area (Å²) in [6, 6.07) is 10.5. The number of nitrogens with zero attached hydrogens (tertiary/aromatic N) is 1. The first-order valence-electron chi connectivity index (χ1n) is 6.95. The van der Waals surface area contributed by atoms with Crippen LogP contribution >= 0.6 is 0 Å². The van der Waals surface area contributed by atoms with Crippen LogP contribution in [0.25, 0.3) is 0 Å². The van der Waals surface area contributed by atoms with Gasteiger partial charge in [-0.15, -0.1) is 0 Å². The van der Waals surface area contributed by atoms with Crippen LogP contribution < -0.4 is 5.32 Å². The monoisotopic (exact) mass is 264 g/mol. The minimum atomic E-state index is -0.436. The van der Waals surface area contributed by atoms with Crippen molar-refractivity contribution >= 4 is 0 Å². The maximum Gasteiger partial charge on any atom is 0.0897 e. The SMILES string of the molecule is CN1CCC(NCC(O)COCc2ccccc2)C1. The fraction of sp³-hybridized carbons (Fsp3) is 0.600. The molecule has 1 aliphatic rings. The van der Waals surface area contributed by atoms with Crippen molar-refractivity contribution in [2.75, 3.05) is 33.3 Å². The molecule has 1 fully saturated rings. The molecule has 0 amide bonds. The predicted molar refractivity (Wildman–Crippen MR) is 76.0 cm³/mol. The summed E-state index contributed by atoms with van der Waals surface area (Å²) < 4.78 is 5.52. The van der Waals surface area contributed by atoms with Gasteiger partial charge in [-0.2, -0.15) is 0 Å². The van der Waals surface area contributed by atoms with Crippen molar-refractivity contribution in [2.24, 2.45) is 0 Å². The molecular formula is C15H24N2O2. The highest BCUT2D eigenvalue weighted by atomic mass is 16.5. The Bertz CT molecular complexity index is 358. The van der Waals surface area contributed by atoms with Crippen LogP contribution in [0, 0.1) is 0 Å². The van der Waals surface area contributed by atoms with Gasteiger partial charge in [-0.1, -0.05) is 30.3 Å². The Labute approximate surface area is 115 Å². The molecule has 106 valence electrons. The summed E-state index contributed by atoms with van der Waals surface area (Å²) in [5.74, 6) is 0. The van der Waals surface area contributed by atoms with Crippen molar-refractivity contribution in [3.8, 4) is 0 Å². The molecule has 2 rings (SSSR count). The van der Waals surface area contributed by atoms with Gasteiger partial charge in [0, 0.05) is 19.1 Å². The molecule has 1 aliphatic heterocycles. The van der Waals surface area contributed by atoms with E-state index in [9.17, 15) is 5.11 Å². The number of hydrogen-bond donors (Lipinski definition) is 2. The zero-order chi connectivity index (χ0) is 13.5. The van der Waals surface area contributed by atoms with E-state index in [0.717, 1.165) is 25.1 Å². The molecule has 0 bridgehead atoms. The summed E-state index contributed by atoms with van der Waals surface area (Å²) >= 11 is 0. The van der Waals surface area contributed by atoms with Crippen molar-refractivity contribution in [3.63, 3.8) is 0 Å². The van der Waals surface area contributed by atoms with E-state index in [1.54, 1.807) is 0 Å². The molecular weight excluding hydrogens is 240 g/mol. The van der Waals surface area contributed by atoms with Crippen molar-refractivity contribution in [1.82, 2.24) is 10.2 Å². The summed E-state index contributed by atoms with van der Waals surface area (Å²) in [5, 5.41) is 13.2. The van der Waals surface area contributed by atoms with E-state index >= 15 is 0 Å². The topological polar surface area (TPSA) is 44.7 Å². The van der Waals surface area contributed by atoms with Crippen LogP contribution in [0.4, 0.5) is 0 Å². The molecule has 0 aliphatic carbocycles. The Hall–Kier alpha value is -0.940. The van der Waals surface area contributed by atoms with Crippen LogP contribution in [-0.4, -0.2) is 55.4 Å². The van der Waals surface area contributed by atoms with Crippen LogP contribution in [0.3, 0.4) is 0 Å². The average molecular weight is 264 g/mol. The number of nitrogens with one attached hydrogen (secondary N) is 1. The molecule has 1 aromatic carbocycles. The number of benzene rings is 1. The van der Waals surface area contributed by atoms with Gasteiger partial charge < -0.3 is 20.1 Å². The fourth-order valence-electron chi connectivity index (χ4n) is 2.35. The molecule has 1 heterocycles. The summed E-state index contributed by atoms with van der Waals surface area (Å²) in [6.07, 6.45) is 0.725. The Morgan fingerprint density at radius 1 is 1.42 bits per heavy atom. The number of hydrogen-bond acceptors (Lipinski definition) is 4. The Balaban J connectivity index is 1.56. The van der Waals surface area contributed by atoms with Crippen molar-refractivity contribution in [3.05, 3.63) is 35.9 Å². The van der Waals surface area contributed by atoms with Gasteiger partial charge in [0.05, 0.1) is 19.3 Å². The molecule has 0 saturated carbocycles. The van der Waals surface area contributed by atoms with Gasteiger partial charge in [-0.05, 0) is 25.6 Å². The largest absolute Gasteiger partial charge is 0.389 e. The molecule has 4 nitrogen and oxygen atoms in total. The first kappa shape index (κ1) is 14.5. The van der Waals surface area contributed by atoms with Crippen molar-refractivity contribution in [1.29, 1.82) is 0 Å². The van der Waals surface area contributed by atoms with E-state index in [2.05, 4.69) is 17.3 Å². The zero-order valence-electron chi connectivity index (χ0n) is 11.6. The molecule has 2 atom stereocenters.